The minimum Gasteiger partial charge on any atom is -0.480 e. The van der Waals surface area contributed by atoms with E-state index in [4.69, 9.17) is 50.7 Å². The van der Waals surface area contributed by atoms with Gasteiger partial charge in [-0.3, -0.25) is 24.0 Å². The highest BCUT2D eigenvalue weighted by molar-refractivity contribution is 6.41. The number of esters is 3. The Morgan fingerprint density at radius 3 is 0.779 bits per heavy atom. The fourth-order valence-corrected chi connectivity index (χ4v) is 8.08. The van der Waals surface area contributed by atoms with Gasteiger partial charge in [-0.05, 0) is 202 Å². The molecular formula is C72H136F6N8O18. The third-order valence-electron chi connectivity index (χ3n) is 12.8. The average molecular weight is 1520 g/mol. The van der Waals surface area contributed by atoms with Crippen molar-refractivity contribution in [2.75, 3.05) is 13.1 Å². The highest BCUT2D eigenvalue weighted by atomic mass is 19.4. The average Bonchev–Trinajstić information content (AvgIpc) is 0.830. The Morgan fingerprint density at radius 1 is 0.327 bits per heavy atom. The normalized spacial score (nSPS) is 13.5. The van der Waals surface area contributed by atoms with E-state index in [0.29, 0.717) is 64.5 Å². The van der Waals surface area contributed by atoms with Gasteiger partial charge in [-0.1, -0.05) is 112 Å². The van der Waals surface area contributed by atoms with Gasteiger partial charge in [0.2, 0.25) is 11.8 Å². The predicted molar refractivity (Wildman–Crippen MR) is 388 cm³/mol. The molecule has 0 aliphatic heterocycles. The minimum atomic E-state index is -5.77. The summed E-state index contributed by atoms with van der Waals surface area (Å²) in [5.74, 6) is -9.92. The summed E-state index contributed by atoms with van der Waals surface area (Å²) < 4.78 is 98.6. The van der Waals surface area contributed by atoms with Crippen molar-refractivity contribution in [3.05, 3.63) is 0 Å². The van der Waals surface area contributed by atoms with E-state index in [1.807, 2.05) is 27.7 Å². The Bertz CT molecular complexity index is 2360. The van der Waals surface area contributed by atoms with Crippen molar-refractivity contribution in [3.63, 3.8) is 0 Å². The number of unbranched alkanes of at least 4 members (excludes halogenated alkanes) is 10. The van der Waals surface area contributed by atoms with Crippen molar-refractivity contribution >= 4 is 65.5 Å². The molecule has 0 rings (SSSR count). The molecule has 6 unspecified atom stereocenters. The number of rotatable bonds is 36. The van der Waals surface area contributed by atoms with E-state index in [1.165, 1.54) is 0 Å². The largest absolute Gasteiger partial charge is 0.480 e. The highest BCUT2D eigenvalue weighted by Crippen LogP contribution is 2.25. The topological polar surface area (TPSA) is 402 Å². The van der Waals surface area contributed by atoms with Gasteiger partial charge in [0.1, 0.15) is 69.9 Å². The molecule has 104 heavy (non-hydrogen) atoms. The van der Waals surface area contributed by atoms with Crippen LogP contribution in [-0.4, -0.2) is 166 Å². The van der Waals surface area contributed by atoms with Gasteiger partial charge in [0, 0.05) is 0 Å². The first kappa shape index (κ1) is 108. The van der Waals surface area contributed by atoms with Crippen LogP contribution in [0.1, 0.15) is 301 Å². The van der Waals surface area contributed by atoms with E-state index in [2.05, 4.69) is 47.4 Å². The van der Waals surface area contributed by atoms with Crippen molar-refractivity contribution in [1.82, 2.24) is 26.6 Å². The molecule has 0 bridgehead atoms. The SMILES string of the molecule is C.CC(C)(C)OC(=O)NC(CCCCN)C(=O)NC(CCCCN)C(=O)OC(C)(C)C.CCCCCC(N)C(=O)OC(C)(C)C.CCCCCC(NC(=O)OC(C)(C)C)C(=O)NC(CCCCC)C(=O)OC(C)(C)C.CCCCCC(NC(=O)OC(C)(C)C)C(=O)O.O=C(C(=O)C(F)(F)F)C(F)(F)F. The fourth-order valence-electron chi connectivity index (χ4n) is 8.08. The van der Waals surface area contributed by atoms with E-state index in [0.717, 1.165) is 89.9 Å². The summed E-state index contributed by atoms with van der Waals surface area (Å²) in [5, 5.41) is 22.1. The van der Waals surface area contributed by atoms with Gasteiger partial charge in [-0.15, -0.1) is 0 Å². The van der Waals surface area contributed by atoms with Crippen LogP contribution in [0.25, 0.3) is 0 Å². The molecule has 0 fully saturated rings. The second-order valence-corrected chi connectivity index (χ2v) is 30.5. The van der Waals surface area contributed by atoms with Gasteiger partial charge in [0.25, 0.3) is 0 Å². The molecule has 0 aromatic carbocycles. The number of amides is 5. The minimum absolute atomic E-state index is 0. The Kier molecular flexibility index (Phi) is 56.4. The van der Waals surface area contributed by atoms with Gasteiger partial charge in [-0.25, -0.2) is 28.8 Å². The van der Waals surface area contributed by atoms with E-state index in [1.54, 1.807) is 104 Å². The van der Waals surface area contributed by atoms with E-state index in [-0.39, 0.29) is 19.3 Å². The van der Waals surface area contributed by atoms with Crippen molar-refractivity contribution in [2.45, 2.75) is 383 Å². The molecule has 0 saturated heterocycles. The third-order valence-corrected chi connectivity index (χ3v) is 12.8. The number of carboxylic acid groups (broad SMARTS) is 1. The molecule has 0 aliphatic carbocycles. The van der Waals surface area contributed by atoms with Crippen LogP contribution in [0.5, 0.6) is 0 Å². The molecule has 26 nitrogen and oxygen atoms in total. The van der Waals surface area contributed by atoms with Crippen molar-refractivity contribution in [3.8, 4) is 0 Å². The quantitative estimate of drug-likeness (QED) is 0.00925. The lowest BCUT2D eigenvalue weighted by Gasteiger charge is -2.27. The zero-order valence-electron chi connectivity index (χ0n) is 65.8. The Labute approximate surface area is 616 Å². The number of hydrogen-bond donors (Lipinski definition) is 9. The Morgan fingerprint density at radius 2 is 0.548 bits per heavy atom. The van der Waals surface area contributed by atoms with Crippen LogP contribution in [-0.2, 0) is 66.8 Å². The van der Waals surface area contributed by atoms with Crippen LogP contribution < -0.4 is 43.8 Å². The van der Waals surface area contributed by atoms with Crippen LogP contribution in [0.3, 0.4) is 0 Å². The fraction of sp³-hybridized carbons (Fsp3) is 0.847. The molecule has 0 saturated carbocycles. The molecular weight excluding hydrogens is 1380 g/mol. The number of alkyl halides is 6. The first-order valence-corrected chi connectivity index (χ1v) is 35.7. The summed E-state index contributed by atoms with van der Waals surface area (Å²) in [6, 6.07) is -4.48. The maximum absolute atomic E-state index is 13.0. The number of ether oxygens (including phenoxy) is 6. The molecule has 0 aromatic heterocycles. The predicted octanol–water partition coefficient (Wildman–Crippen LogP) is 13.5. The first-order chi connectivity index (χ1) is 46.8. The number of carbonyl (C=O) groups is 11. The van der Waals surface area contributed by atoms with Gasteiger partial charge < -0.3 is 77.3 Å². The molecule has 6 atom stereocenters. The lowest BCUT2D eigenvalue weighted by atomic mass is 10.0. The number of nitrogens with two attached hydrogens (primary N) is 3. The summed E-state index contributed by atoms with van der Waals surface area (Å²) in [5.41, 5.74) is 13.1. The Hall–Kier alpha value is -6.57. The standard InChI is InChI=1S/C23H44N2O5.C21H42N4O5.C12H23NO4.C11H23NO2.C4F6O2.CH4/c1-9-11-13-15-17(25-21(28)30-23(6,7)8)19(26)24-18(16-14-12-10-2)20(27)29-22(3,4)5;1-20(2,3)29-18(27)16(12-8-10-14-23)24-17(26)15(11-7-9-13-22)25-19(28)30-21(4,5)6;1-5-6-7-8-9(10(14)15)13-11(16)17-12(2,3)4;1-5-6-7-8-9(12)10(13)14-11(2,3)4;5-3(6,7)1(11)2(12)4(8,9)10;/h17-18H,9-16H2,1-8H3,(H,24,26)(H,25,28);15-16H,7-14,22-23H2,1-6H3,(H,24,26)(H,25,28);9H,5-8H2,1-4H3,(H,13,16)(H,14,15);9H,5-8,12H2,1-4H3;;1H4. The number of ketones is 2. The van der Waals surface area contributed by atoms with E-state index < -0.39 is 136 Å². The van der Waals surface area contributed by atoms with Gasteiger partial charge >= 0.3 is 66.1 Å². The number of carboxylic acids is 1. The summed E-state index contributed by atoms with van der Waals surface area (Å²) in [6.45, 7) is 41.3. The van der Waals surface area contributed by atoms with Crippen LogP contribution in [0.4, 0.5) is 40.7 Å². The maximum Gasteiger partial charge on any atom is 0.458 e. The van der Waals surface area contributed by atoms with Crippen LogP contribution >= 0.6 is 0 Å². The lowest BCUT2D eigenvalue weighted by Crippen LogP contribution is -2.53. The van der Waals surface area contributed by atoms with E-state index >= 15 is 0 Å². The summed E-state index contributed by atoms with van der Waals surface area (Å²) >= 11 is 0. The molecule has 5 amide bonds. The molecule has 0 radical (unpaired) electrons. The Balaban J connectivity index is -0.000000302. The number of aliphatic carboxylic acids is 1. The van der Waals surface area contributed by atoms with Crippen molar-refractivity contribution in [2.24, 2.45) is 17.2 Å². The summed E-state index contributed by atoms with van der Waals surface area (Å²) in [6.07, 6.45) is 3.66. The molecule has 32 heteroatoms. The van der Waals surface area contributed by atoms with Gasteiger partial charge in [0.15, 0.2) is 0 Å². The van der Waals surface area contributed by atoms with Crippen LogP contribution in [0.15, 0.2) is 0 Å². The second kappa shape index (κ2) is 54.1. The molecule has 0 aromatic rings. The first-order valence-electron chi connectivity index (χ1n) is 35.7. The summed E-state index contributed by atoms with van der Waals surface area (Å²) in [4.78, 5) is 128. The smallest absolute Gasteiger partial charge is 0.458 e. The second-order valence-electron chi connectivity index (χ2n) is 30.5. The van der Waals surface area contributed by atoms with Crippen LogP contribution in [0.2, 0.25) is 0 Å². The zero-order chi connectivity index (χ0) is 81.6. The van der Waals surface area contributed by atoms with Gasteiger partial charge in [0.05, 0.1) is 0 Å². The highest BCUT2D eigenvalue weighted by Gasteiger charge is 2.54. The van der Waals surface area contributed by atoms with Crippen molar-refractivity contribution in [1.29, 1.82) is 0 Å². The number of halogens is 6. The number of alkyl carbamates (subject to hydrolysis) is 3. The summed E-state index contributed by atoms with van der Waals surface area (Å²) in [7, 11) is 0. The van der Waals surface area contributed by atoms with Crippen LogP contribution in [0, 0.1) is 0 Å². The monoisotopic (exact) mass is 1510 g/mol. The van der Waals surface area contributed by atoms with E-state index in [9.17, 15) is 79.1 Å². The number of Topliss-reactive ketones (excluding diaryl/α,β-unsaturated/α-hetero) is 2. The molecule has 614 valence electrons. The third kappa shape index (κ3) is 66.1. The van der Waals surface area contributed by atoms with Crippen molar-refractivity contribution < 1.29 is 113 Å². The number of carbonyl (C=O) groups excluding carboxylic acids is 10. The lowest BCUT2D eigenvalue weighted by molar-refractivity contribution is -0.193. The molecule has 12 N–H and O–H groups in total. The number of hydrogen-bond acceptors (Lipinski definition) is 20. The molecule has 0 aliphatic rings. The zero-order valence-corrected chi connectivity index (χ0v) is 65.8. The van der Waals surface area contributed by atoms with Gasteiger partial charge in [-0.2, -0.15) is 26.3 Å². The maximum atomic E-state index is 13.0. The molecule has 0 heterocycles. The molecule has 0 spiro atoms. The number of nitrogens with one attached hydrogen (secondary N) is 5.